The summed E-state index contributed by atoms with van der Waals surface area (Å²) in [7, 11) is 0. The lowest BCUT2D eigenvalue weighted by Gasteiger charge is -2.33. The zero-order chi connectivity index (χ0) is 13.6. The number of alkyl halides is 1. The Morgan fingerprint density at radius 1 is 1.58 bits per heavy atom. The average molecular weight is 324 g/mol. The second-order valence-electron chi connectivity index (χ2n) is 4.82. The summed E-state index contributed by atoms with van der Waals surface area (Å²) in [6, 6.07) is 4.84. The number of nitro benzene ring substituents is 1. The van der Waals surface area contributed by atoms with Gasteiger partial charge in [0.05, 0.1) is 10.5 Å². The van der Waals surface area contributed by atoms with Gasteiger partial charge in [-0.2, -0.15) is 0 Å². The van der Waals surface area contributed by atoms with Crippen LogP contribution in [0, 0.1) is 10.1 Å². The molecule has 98 valence electrons. The van der Waals surface area contributed by atoms with Gasteiger partial charge in [0, 0.05) is 23.0 Å². The zero-order valence-corrected chi connectivity index (χ0v) is 11.7. The molecule has 0 bridgehead atoms. The molecule has 0 saturated heterocycles. The molecule has 1 aromatic heterocycles. The van der Waals surface area contributed by atoms with Gasteiger partial charge < -0.3 is 0 Å². The summed E-state index contributed by atoms with van der Waals surface area (Å²) in [5.41, 5.74) is 1.55. The summed E-state index contributed by atoms with van der Waals surface area (Å²) >= 11 is 3.49. The molecular formula is C11H10BrN5O2. The minimum atomic E-state index is -0.410. The molecule has 2 heterocycles. The van der Waals surface area contributed by atoms with Gasteiger partial charge in [0.1, 0.15) is 0 Å². The third-order valence-corrected chi connectivity index (χ3v) is 4.59. The smallest absolute Gasteiger partial charge is 0.258 e. The maximum Gasteiger partial charge on any atom is 0.270 e. The summed E-state index contributed by atoms with van der Waals surface area (Å²) < 4.78 is 1.73. The first kappa shape index (κ1) is 12.2. The van der Waals surface area contributed by atoms with Gasteiger partial charge in [-0.05, 0) is 29.3 Å². The molecule has 0 fully saturated rings. The largest absolute Gasteiger partial charge is 0.270 e. The summed E-state index contributed by atoms with van der Waals surface area (Å²) in [5.74, 6) is 0.576. The van der Waals surface area contributed by atoms with E-state index in [-0.39, 0.29) is 11.2 Å². The molecule has 0 radical (unpaired) electrons. The van der Waals surface area contributed by atoms with Crippen LogP contribution in [0.2, 0.25) is 0 Å². The molecule has 0 spiro atoms. The van der Waals surface area contributed by atoms with Crippen LogP contribution in [0.15, 0.2) is 18.2 Å². The number of nitrogens with zero attached hydrogens (tertiary/aromatic N) is 5. The van der Waals surface area contributed by atoms with Gasteiger partial charge in [-0.25, -0.2) is 4.68 Å². The minimum absolute atomic E-state index is 0.0516. The maximum atomic E-state index is 10.9. The molecule has 1 aliphatic heterocycles. The molecule has 0 aliphatic carbocycles. The van der Waals surface area contributed by atoms with Crippen LogP contribution in [-0.2, 0) is 12.0 Å². The monoisotopic (exact) mass is 323 g/mol. The van der Waals surface area contributed by atoms with Gasteiger partial charge >= 0.3 is 0 Å². The van der Waals surface area contributed by atoms with Crippen LogP contribution in [-0.4, -0.2) is 30.5 Å². The van der Waals surface area contributed by atoms with E-state index in [4.69, 9.17) is 0 Å². The second-order valence-corrected chi connectivity index (χ2v) is 5.38. The molecule has 1 atom stereocenters. The average Bonchev–Trinajstić information content (AvgIpc) is 2.89. The maximum absolute atomic E-state index is 10.9. The normalized spacial score (nSPS) is 20.7. The van der Waals surface area contributed by atoms with E-state index in [0.717, 1.165) is 17.5 Å². The number of hydrogen-bond acceptors (Lipinski definition) is 5. The van der Waals surface area contributed by atoms with Gasteiger partial charge in [0.15, 0.2) is 5.82 Å². The summed E-state index contributed by atoms with van der Waals surface area (Å²) in [4.78, 5) is 10.5. The minimum Gasteiger partial charge on any atom is -0.258 e. The van der Waals surface area contributed by atoms with Gasteiger partial charge in [0.25, 0.3) is 5.69 Å². The highest BCUT2D eigenvalue weighted by atomic mass is 79.9. The summed E-state index contributed by atoms with van der Waals surface area (Å²) in [6.07, 6.45) is 0.726. The van der Waals surface area contributed by atoms with E-state index in [1.807, 2.05) is 6.92 Å². The molecule has 3 rings (SSSR count). The standard InChI is InChI=1S/C11H10BrN5O2/c1-11(6-12)5-7-2-3-8(17(18)19)4-9(7)10-13-14-15-16(10)11/h2-4H,5-6H2,1H3. The van der Waals surface area contributed by atoms with Crippen molar-refractivity contribution < 1.29 is 4.92 Å². The van der Waals surface area contributed by atoms with Crippen molar-refractivity contribution in [3.05, 3.63) is 33.9 Å². The number of aromatic nitrogens is 4. The molecule has 0 N–H and O–H groups in total. The second kappa shape index (κ2) is 4.09. The Morgan fingerprint density at radius 3 is 3.05 bits per heavy atom. The quantitative estimate of drug-likeness (QED) is 0.478. The van der Waals surface area contributed by atoms with Crippen molar-refractivity contribution in [2.45, 2.75) is 18.9 Å². The fourth-order valence-electron chi connectivity index (χ4n) is 2.35. The SMILES string of the molecule is CC1(CBr)Cc2ccc([N+](=O)[O-])cc2-c2nnnn21. The van der Waals surface area contributed by atoms with Crippen molar-refractivity contribution in [1.29, 1.82) is 0 Å². The van der Waals surface area contributed by atoms with E-state index in [1.54, 1.807) is 10.7 Å². The summed E-state index contributed by atoms with van der Waals surface area (Å²) in [5, 5.41) is 23.3. The van der Waals surface area contributed by atoms with E-state index < -0.39 is 4.92 Å². The Hall–Kier alpha value is -1.83. The van der Waals surface area contributed by atoms with Crippen molar-refractivity contribution in [2.24, 2.45) is 0 Å². The van der Waals surface area contributed by atoms with Crippen molar-refractivity contribution in [3.63, 3.8) is 0 Å². The molecule has 0 saturated carbocycles. The van der Waals surface area contributed by atoms with Crippen molar-refractivity contribution >= 4 is 21.6 Å². The zero-order valence-electron chi connectivity index (χ0n) is 10.1. The highest BCUT2D eigenvalue weighted by molar-refractivity contribution is 9.09. The topological polar surface area (TPSA) is 86.7 Å². The Bertz CT molecular complexity index is 671. The molecule has 2 aromatic rings. The predicted molar refractivity (Wildman–Crippen MR) is 71.1 cm³/mol. The lowest BCUT2D eigenvalue weighted by Crippen LogP contribution is -2.39. The molecule has 1 aromatic carbocycles. The molecule has 1 unspecified atom stereocenters. The number of tetrazole rings is 1. The number of halogens is 1. The van der Waals surface area contributed by atoms with Gasteiger partial charge in [-0.3, -0.25) is 10.1 Å². The van der Waals surface area contributed by atoms with Gasteiger partial charge in [0.2, 0.25) is 0 Å². The highest BCUT2D eigenvalue weighted by Crippen LogP contribution is 2.38. The van der Waals surface area contributed by atoms with Crippen LogP contribution in [0.25, 0.3) is 11.4 Å². The van der Waals surface area contributed by atoms with Crippen LogP contribution in [0.1, 0.15) is 12.5 Å². The fourth-order valence-corrected chi connectivity index (χ4v) is 2.78. The van der Waals surface area contributed by atoms with Gasteiger partial charge in [-0.15, -0.1) is 5.10 Å². The van der Waals surface area contributed by atoms with E-state index in [2.05, 4.69) is 31.5 Å². The van der Waals surface area contributed by atoms with Crippen LogP contribution < -0.4 is 0 Å². The molecular weight excluding hydrogens is 314 g/mol. The molecule has 0 amide bonds. The molecule has 7 nitrogen and oxygen atoms in total. The highest BCUT2D eigenvalue weighted by Gasteiger charge is 2.36. The Balaban J connectivity index is 2.22. The van der Waals surface area contributed by atoms with Crippen LogP contribution in [0.5, 0.6) is 0 Å². The van der Waals surface area contributed by atoms with E-state index in [1.165, 1.54) is 12.1 Å². The third kappa shape index (κ3) is 1.74. The molecule has 1 aliphatic rings. The Labute approximate surface area is 116 Å². The lowest BCUT2D eigenvalue weighted by atomic mass is 9.87. The van der Waals surface area contributed by atoms with E-state index >= 15 is 0 Å². The van der Waals surface area contributed by atoms with Crippen LogP contribution in [0.3, 0.4) is 0 Å². The van der Waals surface area contributed by atoms with Crippen molar-refractivity contribution in [1.82, 2.24) is 20.2 Å². The number of non-ortho nitro benzene ring substituents is 1. The van der Waals surface area contributed by atoms with Crippen molar-refractivity contribution in [3.8, 4) is 11.4 Å². The van der Waals surface area contributed by atoms with E-state index in [0.29, 0.717) is 11.2 Å². The Kier molecular flexibility index (Phi) is 2.63. The lowest BCUT2D eigenvalue weighted by molar-refractivity contribution is -0.384. The predicted octanol–water partition coefficient (Wildman–Crippen LogP) is 1.91. The molecule has 19 heavy (non-hydrogen) atoms. The fraction of sp³-hybridized carbons (Fsp3) is 0.364. The first-order valence-corrected chi connectivity index (χ1v) is 6.80. The van der Waals surface area contributed by atoms with Crippen molar-refractivity contribution in [2.75, 3.05) is 5.33 Å². The number of nitro groups is 1. The molecule has 8 heteroatoms. The van der Waals surface area contributed by atoms with Gasteiger partial charge in [-0.1, -0.05) is 22.0 Å². The van der Waals surface area contributed by atoms with Crippen LogP contribution >= 0.6 is 15.9 Å². The van der Waals surface area contributed by atoms with E-state index in [9.17, 15) is 10.1 Å². The number of fused-ring (bicyclic) bond motifs is 3. The number of benzene rings is 1. The first-order valence-electron chi connectivity index (χ1n) is 5.68. The summed E-state index contributed by atoms with van der Waals surface area (Å²) in [6.45, 7) is 2.05. The third-order valence-electron chi connectivity index (χ3n) is 3.39. The Morgan fingerprint density at radius 2 is 2.37 bits per heavy atom. The number of hydrogen-bond donors (Lipinski definition) is 0. The van der Waals surface area contributed by atoms with Crippen LogP contribution in [0.4, 0.5) is 5.69 Å². The number of rotatable bonds is 2. The first-order chi connectivity index (χ1) is 9.05.